The van der Waals surface area contributed by atoms with E-state index in [1.165, 1.54) is 18.6 Å². The van der Waals surface area contributed by atoms with Gasteiger partial charge >= 0.3 is 0 Å². The highest BCUT2D eigenvalue weighted by molar-refractivity contribution is 6.32. The predicted octanol–water partition coefficient (Wildman–Crippen LogP) is 5.44. The quantitative estimate of drug-likeness (QED) is 0.641. The molecule has 0 amide bonds. The molecule has 1 saturated heterocycles. The van der Waals surface area contributed by atoms with Crippen LogP contribution in [0.1, 0.15) is 30.9 Å². The van der Waals surface area contributed by atoms with E-state index in [4.69, 9.17) is 11.6 Å². The molecule has 0 aliphatic carbocycles. The van der Waals surface area contributed by atoms with Crippen LogP contribution >= 0.6 is 11.6 Å². The molecule has 2 N–H and O–H groups in total. The number of piperidine rings is 1. The third kappa shape index (κ3) is 4.71. The van der Waals surface area contributed by atoms with E-state index in [1.807, 2.05) is 0 Å². The van der Waals surface area contributed by atoms with Crippen molar-refractivity contribution in [3.8, 4) is 16.9 Å². The zero-order valence-corrected chi connectivity index (χ0v) is 18.5. The first-order chi connectivity index (χ1) is 14.8. The second-order valence-electron chi connectivity index (χ2n) is 8.64. The van der Waals surface area contributed by atoms with Gasteiger partial charge < -0.3 is 15.3 Å². The molecule has 1 fully saturated rings. The number of nitrogens with zero attached hydrogens (tertiary/aromatic N) is 2. The molecule has 2 heterocycles. The van der Waals surface area contributed by atoms with Gasteiger partial charge in [-0.3, -0.25) is 4.90 Å². The minimum Gasteiger partial charge on any atom is -0.504 e. The van der Waals surface area contributed by atoms with Crippen LogP contribution in [0, 0.1) is 23.6 Å². The van der Waals surface area contributed by atoms with E-state index in [1.54, 1.807) is 12.3 Å². The summed E-state index contributed by atoms with van der Waals surface area (Å²) in [6.45, 7) is 3.01. The molecule has 2 aliphatic heterocycles. The van der Waals surface area contributed by atoms with Crippen LogP contribution in [0.15, 0.2) is 30.5 Å². The van der Waals surface area contributed by atoms with Gasteiger partial charge in [0.2, 0.25) is 0 Å². The normalized spacial score (nSPS) is 19.5. The lowest BCUT2D eigenvalue weighted by atomic mass is 9.89. The lowest BCUT2D eigenvalue weighted by Gasteiger charge is -2.38. The molecular weight excluding hydrogens is 420 g/mol. The highest BCUT2D eigenvalue weighted by atomic mass is 35.5. The Kier molecular flexibility index (Phi) is 6.51. The fraction of sp³-hybridized carbons (Fsp3) is 0.417. The van der Waals surface area contributed by atoms with Crippen molar-refractivity contribution < 1.29 is 13.9 Å². The zero-order valence-electron chi connectivity index (χ0n) is 17.8. The predicted molar refractivity (Wildman–Crippen MR) is 120 cm³/mol. The summed E-state index contributed by atoms with van der Waals surface area (Å²) >= 11 is 5.92. The lowest BCUT2D eigenvalue weighted by molar-refractivity contribution is 0.142. The van der Waals surface area contributed by atoms with Gasteiger partial charge in [0.25, 0.3) is 0 Å². The summed E-state index contributed by atoms with van der Waals surface area (Å²) in [5.74, 6) is -1.27. The van der Waals surface area contributed by atoms with E-state index in [0.717, 1.165) is 50.0 Å². The summed E-state index contributed by atoms with van der Waals surface area (Å²) in [5.41, 5.74) is 2.12. The SMILES string of the molecule is CN(C)CCC1CCN(C2[C]=CNc3cc(F)c(-c4cc(F)c(O)c(Cl)c4)cc32)CC1. The molecule has 1 radical (unpaired) electrons. The highest BCUT2D eigenvalue weighted by Crippen LogP contribution is 2.40. The number of hydrogen-bond donors (Lipinski definition) is 2. The van der Waals surface area contributed by atoms with Gasteiger partial charge in [-0.05, 0) is 100 Å². The molecule has 2 aromatic rings. The fourth-order valence-electron chi connectivity index (χ4n) is 4.41. The first-order valence-corrected chi connectivity index (χ1v) is 11.0. The number of hydrogen-bond acceptors (Lipinski definition) is 4. The Morgan fingerprint density at radius 2 is 1.90 bits per heavy atom. The topological polar surface area (TPSA) is 38.7 Å². The summed E-state index contributed by atoms with van der Waals surface area (Å²) in [6, 6.07) is 5.56. The minimum absolute atomic E-state index is 0.0946. The maximum absolute atomic E-state index is 14.9. The van der Waals surface area contributed by atoms with Crippen molar-refractivity contribution in [2.24, 2.45) is 5.92 Å². The molecule has 4 nitrogen and oxygen atoms in total. The smallest absolute Gasteiger partial charge is 0.170 e. The fourth-order valence-corrected chi connectivity index (χ4v) is 4.62. The number of halogens is 3. The van der Waals surface area contributed by atoms with Crippen LogP contribution in [0.4, 0.5) is 14.5 Å². The Balaban J connectivity index is 1.59. The third-order valence-corrected chi connectivity index (χ3v) is 6.52. The molecule has 1 unspecified atom stereocenters. The number of anilines is 1. The number of phenols is 1. The summed E-state index contributed by atoms with van der Waals surface area (Å²) in [7, 11) is 4.20. The highest BCUT2D eigenvalue weighted by Gasteiger charge is 2.29. The van der Waals surface area contributed by atoms with E-state index < -0.39 is 17.4 Å². The Morgan fingerprint density at radius 3 is 2.58 bits per heavy atom. The Hall–Kier alpha value is -2.15. The van der Waals surface area contributed by atoms with Gasteiger partial charge in [-0.2, -0.15) is 0 Å². The van der Waals surface area contributed by atoms with E-state index in [2.05, 4.69) is 35.3 Å². The van der Waals surface area contributed by atoms with Gasteiger partial charge in [0.1, 0.15) is 5.82 Å². The molecule has 4 rings (SSSR count). The maximum Gasteiger partial charge on any atom is 0.170 e. The van der Waals surface area contributed by atoms with E-state index in [-0.39, 0.29) is 22.2 Å². The number of likely N-dealkylation sites (tertiary alicyclic amines) is 1. The van der Waals surface area contributed by atoms with Gasteiger partial charge in [0.15, 0.2) is 11.6 Å². The first kappa shape index (κ1) is 22.1. The van der Waals surface area contributed by atoms with Crippen LogP contribution in [0.3, 0.4) is 0 Å². The standard InChI is InChI=1S/C24H27ClF2N3O/c1-29(2)8-4-15-5-9-30(10-6-15)23-3-7-28-22-14-20(26)17(13-18(22)23)16-11-19(25)24(31)21(27)12-16/h7,11-15,23,28,31H,4-6,8-10H2,1-2H3. The summed E-state index contributed by atoms with van der Waals surface area (Å²) in [4.78, 5) is 4.59. The molecule has 7 heteroatoms. The first-order valence-electron chi connectivity index (χ1n) is 10.6. The number of fused-ring (bicyclic) bond motifs is 1. The number of rotatable bonds is 5. The van der Waals surface area contributed by atoms with Gasteiger partial charge in [-0.25, -0.2) is 8.78 Å². The van der Waals surface area contributed by atoms with Gasteiger partial charge in [-0.1, -0.05) is 11.6 Å². The second-order valence-corrected chi connectivity index (χ2v) is 9.04. The molecule has 2 aliphatic rings. The monoisotopic (exact) mass is 446 g/mol. The Morgan fingerprint density at radius 1 is 1.16 bits per heavy atom. The molecule has 2 aromatic carbocycles. The Labute approximate surface area is 187 Å². The lowest BCUT2D eigenvalue weighted by Crippen LogP contribution is -2.38. The Bertz CT molecular complexity index is 964. The largest absolute Gasteiger partial charge is 0.504 e. The van der Waals surface area contributed by atoms with E-state index in [9.17, 15) is 13.9 Å². The van der Waals surface area contributed by atoms with Crippen molar-refractivity contribution >= 4 is 17.3 Å². The van der Waals surface area contributed by atoms with Crippen molar-refractivity contribution in [2.45, 2.75) is 25.3 Å². The van der Waals surface area contributed by atoms with Crippen molar-refractivity contribution in [3.63, 3.8) is 0 Å². The van der Waals surface area contributed by atoms with E-state index in [0.29, 0.717) is 5.69 Å². The van der Waals surface area contributed by atoms with E-state index >= 15 is 0 Å². The molecule has 31 heavy (non-hydrogen) atoms. The molecule has 0 saturated carbocycles. The number of benzene rings is 2. The zero-order chi connectivity index (χ0) is 22.1. The third-order valence-electron chi connectivity index (χ3n) is 6.23. The number of nitrogens with one attached hydrogen (secondary N) is 1. The minimum atomic E-state index is -0.874. The van der Waals surface area contributed by atoms with Crippen molar-refractivity contribution in [3.05, 3.63) is 58.8 Å². The summed E-state index contributed by atoms with van der Waals surface area (Å²) in [5, 5.41) is 12.5. The second kappa shape index (κ2) is 9.15. The van der Waals surface area contributed by atoms with Crippen LogP contribution in [-0.4, -0.2) is 48.6 Å². The summed E-state index contributed by atoms with van der Waals surface area (Å²) in [6.07, 6.45) is 8.55. The average Bonchev–Trinajstić information content (AvgIpc) is 2.75. The van der Waals surface area contributed by atoms with Crippen LogP contribution in [-0.2, 0) is 0 Å². The van der Waals surface area contributed by atoms with Gasteiger partial charge in [0.05, 0.1) is 11.1 Å². The van der Waals surface area contributed by atoms with Crippen molar-refractivity contribution in [1.29, 1.82) is 0 Å². The molecular formula is C24H27ClF2N3O. The van der Waals surface area contributed by atoms with Crippen molar-refractivity contribution in [2.75, 3.05) is 39.0 Å². The average molecular weight is 447 g/mol. The molecule has 0 spiro atoms. The molecule has 1 atom stereocenters. The molecule has 165 valence electrons. The van der Waals surface area contributed by atoms with Gasteiger partial charge in [-0.15, -0.1) is 0 Å². The molecule has 0 bridgehead atoms. The number of aromatic hydroxyl groups is 1. The maximum atomic E-state index is 14.9. The summed E-state index contributed by atoms with van der Waals surface area (Å²) < 4.78 is 28.9. The van der Waals surface area contributed by atoms with Crippen molar-refractivity contribution in [1.82, 2.24) is 9.80 Å². The number of phenolic OH excluding ortho intramolecular Hbond substituents is 1. The molecule has 0 aromatic heterocycles. The van der Waals surface area contributed by atoms with Crippen LogP contribution in [0.5, 0.6) is 5.75 Å². The van der Waals surface area contributed by atoms with Gasteiger partial charge in [0, 0.05) is 17.5 Å². The van der Waals surface area contributed by atoms with Crippen LogP contribution < -0.4 is 5.32 Å². The van der Waals surface area contributed by atoms with Crippen LogP contribution in [0.25, 0.3) is 11.1 Å². The van der Waals surface area contributed by atoms with Crippen LogP contribution in [0.2, 0.25) is 5.02 Å².